The van der Waals surface area contributed by atoms with Crippen LogP contribution in [0, 0.1) is 0 Å². The first-order valence-corrected chi connectivity index (χ1v) is 8.12. The van der Waals surface area contributed by atoms with Crippen LogP contribution in [0.5, 0.6) is 0 Å². The van der Waals surface area contributed by atoms with Crippen LogP contribution < -0.4 is 4.90 Å². The van der Waals surface area contributed by atoms with E-state index in [1.165, 1.54) is 4.90 Å². The molecule has 0 aliphatic carbocycles. The molecular weight excluding hydrogens is 308 g/mol. The fraction of sp³-hybridized carbons (Fsp3) is 0.308. The predicted molar refractivity (Wildman–Crippen MR) is 82.3 cm³/mol. The minimum absolute atomic E-state index is 0.528. The van der Waals surface area contributed by atoms with E-state index in [2.05, 4.69) is 14.9 Å². The zero-order valence-corrected chi connectivity index (χ0v) is 12.8. The van der Waals surface area contributed by atoms with Gasteiger partial charge in [-0.05, 0) is 12.1 Å². The molecule has 110 valence electrons. The molecule has 3 heterocycles. The molecule has 2 aromatic heterocycles. The monoisotopic (exact) mass is 322 g/mol. The fourth-order valence-corrected chi connectivity index (χ4v) is 4.04. The van der Waals surface area contributed by atoms with Crippen molar-refractivity contribution in [3.63, 3.8) is 0 Å². The molecule has 1 aliphatic heterocycles. The second kappa shape index (κ2) is 6.31. The van der Waals surface area contributed by atoms with Crippen LogP contribution in [-0.4, -0.2) is 52.2 Å². The number of piperazine rings is 1. The van der Waals surface area contributed by atoms with Gasteiger partial charge < -0.3 is 14.9 Å². The van der Waals surface area contributed by atoms with Gasteiger partial charge in [-0.15, -0.1) is 0 Å². The Morgan fingerprint density at radius 1 is 1.29 bits per heavy atom. The Bertz CT molecular complexity index is 612. The summed E-state index contributed by atoms with van der Waals surface area (Å²) in [7, 11) is 0. The topological polar surface area (TPSA) is 69.6 Å². The minimum atomic E-state index is -0.846. The predicted octanol–water partition coefficient (Wildman–Crippen LogP) is 2.49. The molecule has 0 spiro atoms. The van der Waals surface area contributed by atoms with E-state index in [-0.39, 0.29) is 0 Å². The average Bonchev–Trinajstić information content (AvgIpc) is 2.97. The molecule has 1 N–H and O–H groups in total. The van der Waals surface area contributed by atoms with E-state index >= 15 is 0 Å². The molecule has 1 amide bonds. The molecule has 0 saturated carbocycles. The summed E-state index contributed by atoms with van der Waals surface area (Å²) in [5, 5.41) is 9.90. The van der Waals surface area contributed by atoms with Crippen molar-refractivity contribution < 1.29 is 9.90 Å². The fourth-order valence-electron chi connectivity index (χ4n) is 2.06. The van der Waals surface area contributed by atoms with Crippen molar-refractivity contribution in [2.24, 2.45) is 0 Å². The molecule has 1 saturated heterocycles. The lowest BCUT2D eigenvalue weighted by Gasteiger charge is -2.32. The normalized spacial score (nSPS) is 15.2. The Hall–Kier alpha value is -1.80. The van der Waals surface area contributed by atoms with Crippen molar-refractivity contribution in [1.29, 1.82) is 0 Å². The summed E-state index contributed by atoms with van der Waals surface area (Å²) in [4.78, 5) is 24.1. The van der Waals surface area contributed by atoms with Gasteiger partial charge in [0.2, 0.25) is 0 Å². The van der Waals surface area contributed by atoms with Gasteiger partial charge in [0.05, 0.1) is 10.4 Å². The molecule has 21 heavy (non-hydrogen) atoms. The van der Waals surface area contributed by atoms with E-state index in [1.54, 1.807) is 29.3 Å². The summed E-state index contributed by atoms with van der Waals surface area (Å²) >= 11 is 3.27. The molecule has 0 bridgehead atoms. The van der Waals surface area contributed by atoms with E-state index in [1.807, 2.05) is 24.5 Å². The molecule has 0 atom stereocenters. The van der Waals surface area contributed by atoms with Crippen LogP contribution in [0.3, 0.4) is 0 Å². The average molecular weight is 322 g/mol. The Morgan fingerprint density at radius 2 is 2.10 bits per heavy atom. The summed E-state index contributed by atoms with van der Waals surface area (Å²) in [6.45, 7) is 2.44. The third kappa shape index (κ3) is 3.45. The van der Waals surface area contributed by atoms with Crippen LogP contribution in [0.1, 0.15) is 0 Å². The maximum atomic E-state index is 10.9. The summed E-state index contributed by atoms with van der Waals surface area (Å²) in [6, 6.07) is 3.93. The van der Waals surface area contributed by atoms with E-state index in [4.69, 9.17) is 5.11 Å². The van der Waals surface area contributed by atoms with Crippen molar-refractivity contribution in [2.75, 3.05) is 31.1 Å². The molecular formula is C13H14N4O2S2. The van der Waals surface area contributed by atoms with Crippen molar-refractivity contribution in [2.45, 2.75) is 9.10 Å². The second-order valence-electron chi connectivity index (χ2n) is 4.51. The number of rotatable bonds is 3. The molecule has 1 aliphatic rings. The number of carbonyl (C=O) groups is 1. The molecule has 1 fully saturated rings. The van der Waals surface area contributed by atoms with Crippen LogP contribution in [0.25, 0.3) is 0 Å². The van der Waals surface area contributed by atoms with Crippen molar-refractivity contribution in [3.8, 4) is 0 Å². The van der Waals surface area contributed by atoms with Crippen LogP contribution in [0.15, 0.2) is 39.8 Å². The number of hydrogen-bond donors (Lipinski definition) is 1. The zero-order chi connectivity index (χ0) is 14.7. The molecule has 0 unspecified atom stereocenters. The van der Waals surface area contributed by atoms with E-state index in [0.717, 1.165) is 14.2 Å². The second-order valence-corrected chi connectivity index (χ2v) is 6.89. The van der Waals surface area contributed by atoms with Gasteiger partial charge in [-0.3, -0.25) is 4.98 Å². The number of carboxylic acid groups (broad SMARTS) is 1. The number of hydrogen-bond acceptors (Lipinski definition) is 6. The van der Waals surface area contributed by atoms with Crippen molar-refractivity contribution in [1.82, 2.24) is 14.9 Å². The molecule has 2 aromatic rings. The third-order valence-electron chi connectivity index (χ3n) is 3.15. The van der Waals surface area contributed by atoms with Gasteiger partial charge in [0.25, 0.3) is 0 Å². The highest BCUT2D eigenvalue weighted by atomic mass is 32.2. The Balaban J connectivity index is 1.62. The van der Waals surface area contributed by atoms with Gasteiger partial charge in [0.1, 0.15) is 0 Å². The van der Waals surface area contributed by atoms with Crippen LogP contribution >= 0.6 is 23.1 Å². The number of anilines is 1. The minimum Gasteiger partial charge on any atom is -0.465 e. The van der Waals surface area contributed by atoms with Crippen molar-refractivity contribution >= 4 is 34.3 Å². The van der Waals surface area contributed by atoms with Crippen LogP contribution in [0.2, 0.25) is 0 Å². The standard InChI is InChI=1S/C13H14N4O2S2/c18-13(19)17-6-4-16(5-7-17)12-15-9-11(21-12)20-10-2-1-3-14-8-10/h1-3,8-9H,4-7H2,(H,18,19). The number of thiazole rings is 1. The van der Waals surface area contributed by atoms with Gasteiger partial charge in [0, 0.05) is 43.5 Å². The third-order valence-corrected chi connectivity index (χ3v) is 5.28. The number of pyridine rings is 1. The summed E-state index contributed by atoms with van der Waals surface area (Å²) in [6.07, 6.45) is 4.60. The smallest absolute Gasteiger partial charge is 0.407 e. The molecule has 6 nitrogen and oxygen atoms in total. The van der Waals surface area contributed by atoms with E-state index in [9.17, 15) is 4.79 Å². The SMILES string of the molecule is O=C(O)N1CCN(c2ncc(Sc3cccnc3)s2)CC1. The van der Waals surface area contributed by atoms with E-state index < -0.39 is 6.09 Å². The maximum Gasteiger partial charge on any atom is 0.407 e. The molecule has 0 radical (unpaired) electrons. The molecule has 0 aromatic carbocycles. The molecule has 8 heteroatoms. The van der Waals surface area contributed by atoms with Crippen LogP contribution in [-0.2, 0) is 0 Å². The first kappa shape index (κ1) is 14.2. The Labute approximate surface area is 130 Å². The van der Waals surface area contributed by atoms with Crippen molar-refractivity contribution in [3.05, 3.63) is 30.7 Å². The van der Waals surface area contributed by atoms with Gasteiger partial charge in [-0.1, -0.05) is 23.1 Å². The molecule has 3 rings (SSSR count). The zero-order valence-electron chi connectivity index (χ0n) is 11.2. The number of aromatic nitrogens is 2. The highest BCUT2D eigenvalue weighted by Gasteiger charge is 2.22. The summed E-state index contributed by atoms with van der Waals surface area (Å²) < 4.78 is 1.11. The first-order chi connectivity index (χ1) is 10.2. The lowest BCUT2D eigenvalue weighted by atomic mass is 10.3. The lowest BCUT2D eigenvalue weighted by Crippen LogP contribution is -2.48. The largest absolute Gasteiger partial charge is 0.465 e. The van der Waals surface area contributed by atoms with Gasteiger partial charge in [-0.25, -0.2) is 9.78 Å². The van der Waals surface area contributed by atoms with Crippen LogP contribution in [0.4, 0.5) is 9.93 Å². The Kier molecular flexibility index (Phi) is 4.26. The summed E-state index contributed by atoms with van der Waals surface area (Å²) in [5.41, 5.74) is 0. The maximum absolute atomic E-state index is 10.9. The van der Waals surface area contributed by atoms with E-state index in [0.29, 0.717) is 26.2 Å². The van der Waals surface area contributed by atoms with Gasteiger partial charge in [0.15, 0.2) is 5.13 Å². The lowest BCUT2D eigenvalue weighted by molar-refractivity contribution is 0.142. The quantitative estimate of drug-likeness (QED) is 0.936. The summed E-state index contributed by atoms with van der Waals surface area (Å²) in [5.74, 6) is 0. The number of nitrogens with zero attached hydrogens (tertiary/aromatic N) is 4. The van der Waals surface area contributed by atoms with Gasteiger partial charge >= 0.3 is 6.09 Å². The van der Waals surface area contributed by atoms with Gasteiger partial charge in [-0.2, -0.15) is 0 Å². The highest BCUT2D eigenvalue weighted by Crippen LogP contribution is 2.35. The number of amides is 1. The Morgan fingerprint density at radius 3 is 2.76 bits per heavy atom. The highest BCUT2D eigenvalue weighted by molar-refractivity contribution is 8.01. The first-order valence-electron chi connectivity index (χ1n) is 6.49.